The Bertz CT molecular complexity index is 1040. The molecule has 2 saturated heterocycles. The molecule has 11 nitrogen and oxygen atoms in total. The fourth-order valence-corrected chi connectivity index (χ4v) is 4.49. The van der Waals surface area contributed by atoms with Crippen LogP contribution < -0.4 is 15.5 Å². The lowest BCUT2D eigenvalue weighted by Gasteiger charge is -2.38. The Hall–Kier alpha value is -3.57. The number of likely N-dealkylation sites (tertiary alicyclic amines) is 1. The molecule has 12 heteroatoms. The van der Waals surface area contributed by atoms with Crippen LogP contribution >= 0.6 is 0 Å². The molecule has 1 aromatic rings. The van der Waals surface area contributed by atoms with E-state index >= 15 is 0 Å². The van der Waals surface area contributed by atoms with Gasteiger partial charge in [0.05, 0.1) is 0 Å². The number of rotatable bonds is 5. The molecular formula is C27H40FN5O6. The fourth-order valence-electron chi connectivity index (χ4n) is 4.49. The van der Waals surface area contributed by atoms with Crippen molar-refractivity contribution in [3.8, 4) is 0 Å². The van der Waals surface area contributed by atoms with Gasteiger partial charge in [-0.3, -0.25) is 14.5 Å². The van der Waals surface area contributed by atoms with Crippen molar-refractivity contribution in [2.45, 2.75) is 71.2 Å². The van der Waals surface area contributed by atoms with Crippen LogP contribution in [0, 0.1) is 5.82 Å². The van der Waals surface area contributed by atoms with Gasteiger partial charge in [0.1, 0.15) is 29.6 Å². The molecule has 2 N–H and O–H groups in total. The van der Waals surface area contributed by atoms with Gasteiger partial charge in [0.2, 0.25) is 11.8 Å². The molecule has 3 rings (SSSR count). The number of nitrogens with one attached hydrogen (secondary N) is 2. The number of anilines is 1. The summed E-state index contributed by atoms with van der Waals surface area (Å²) in [5.41, 5.74) is -0.579. The van der Waals surface area contributed by atoms with Crippen LogP contribution in [0.2, 0.25) is 0 Å². The minimum Gasteiger partial charge on any atom is -0.444 e. The van der Waals surface area contributed by atoms with Crippen molar-refractivity contribution in [1.29, 1.82) is 0 Å². The largest absolute Gasteiger partial charge is 0.444 e. The second kappa shape index (κ2) is 12.1. The molecule has 0 spiro atoms. The van der Waals surface area contributed by atoms with Gasteiger partial charge in [0.15, 0.2) is 0 Å². The average Bonchev–Trinajstić information content (AvgIpc) is 3.25. The van der Waals surface area contributed by atoms with Gasteiger partial charge in [-0.05, 0) is 72.2 Å². The number of amides is 4. The third kappa shape index (κ3) is 9.00. The first kappa shape index (κ1) is 30.0. The quantitative estimate of drug-likeness (QED) is 0.579. The molecule has 4 amide bonds. The van der Waals surface area contributed by atoms with E-state index in [4.69, 9.17) is 9.47 Å². The number of piperazine rings is 1. The highest BCUT2D eigenvalue weighted by Crippen LogP contribution is 2.25. The maximum Gasteiger partial charge on any atom is 0.411 e. The van der Waals surface area contributed by atoms with Crippen molar-refractivity contribution in [3.63, 3.8) is 0 Å². The fraction of sp³-hybridized carbons (Fsp3) is 0.630. The van der Waals surface area contributed by atoms with Crippen LogP contribution in [0.15, 0.2) is 24.3 Å². The lowest BCUT2D eigenvalue weighted by molar-refractivity contribution is -0.136. The molecule has 0 saturated carbocycles. The monoisotopic (exact) mass is 549 g/mol. The Morgan fingerprint density at radius 3 is 2.08 bits per heavy atom. The number of benzene rings is 1. The van der Waals surface area contributed by atoms with Crippen molar-refractivity contribution in [2.75, 3.05) is 44.2 Å². The summed E-state index contributed by atoms with van der Waals surface area (Å²) in [6.45, 7) is 12.2. The Morgan fingerprint density at radius 1 is 0.923 bits per heavy atom. The van der Waals surface area contributed by atoms with E-state index in [2.05, 4.69) is 15.5 Å². The smallest absolute Gasteiger partial charge is 0.411 e. The number of nitrogens with zero attached hydrogens (tertiary/aromatic N) is 3. The van der Waals surface area contributed by atoms with Crippen molar-refractivity contribution >= 4 is 29.7 Å². The molecular weight excluding hydrogens is 509 g/mol. The lowest BCUT2D eigenvalue weighted by atomic mass is 10.1. The second-order valence-electron chi connectivity index (χ2n) is 11.8. The second-order valence-corrected chi connectivity index (χ2v) is 11.8. The summed E-state index contributed by atoms with van der Waals surface area (Å²) in [7, 11) is 0. The number of ether oxygens (including phenoxy) is 2. The SMILES string of the molecule is CC(C)(C)OC(=O)NCC(=O)NC1C[C@H](C(=O)N2CCN(c3ccc(F)cc3)CC2)N(C(=O)OC(C)(C)C)C1. The minimum absolute atomic E-state index is 0.0963. The van der Waals surface area contributed by atoms with E-state index < -0.39 is 41.4 Å². The number of carbonyl (C=O) groups is 4. The highest BCUT2D eigenvalue weighted by molar-refractivity contribution is 5.87. The van der Waals surface area contributed by atoms with Gasteiger partial charge in [-0.25, -0.2) is 14.0 Å². The van der Waals surface area contributed by atoms with E-state index in [1.54, 1.807) is 58.6 Å². The van der Waals surface area contributed by atoms with E-state index in [0.717, 1.165) is 5.69 Å². The molecule has 2 fully saturated rings. The van der Waals surface area contributed by atoms with Gasteiger partial charge in [-0.15, -0.1) is 0 Å². The summed E-state index contributed by atoms with van der Waals surface area (Å²) >= 11 is 0. The Labute approximate surface area is 229 Å². The number of alkyl carbamates (subject to hydrolysis) is 1. The van der Waals surface area contributed by atoms with Crippen LogP contribution in [-0.4, -0.2) is 96.4 Å². The molecule has 0 aliphatic carbocycles. The van der Waals surface area contributed by atoms with Gasteiger partial charge in [-0.1, -0.05) is 0 Å². The third-order valence-electron chi connectivity index (χ3n) is 6.15. The molecule has 216 valence electrons. The minimum atomic E-state index is -0.804. The summed E-state index contributed by atoms with van der Waals surface area (Å²) in [4.78, 5) is 56.1. The van der Waals surface area contributed by atoms with Gasteiger partial charge < -0.3 is 29.9 Å². The first-order valence-electron chi connectivity index (χ1n) is 13.2. The number of carbonyl (C=O) groups excluding carboxylic acids is 4. The van der Waals surface area contributed by atoms with E-state index in [1.807, 2.05) is 0 Å². The standard InChI is InChI=1S/C27H40FN5O6/c1-26(2,3)38-24(36)29-16-22(34)30-19-15-21(33(17-19)25(37)39-27(4,5)6)23(35)32-13-11-31(12-14-32)20-9-7-18(28)8-10-20/h7-10,19,21H,11-17H2,1-6H3,(H,29,36)(H,30,34)/t19?,21-/m1/s1. The topological polar surface area (TPSA) is 121 Å². The van der Waals surface area contributed by atoms with Crippen LogP contribution in [0.4, 0.5) is 19.7 Å². The number of halogens is 1. The number of hydrogen-bond acceptors (Lipinski definition) is 7. The number of hydrogen-bond donors (Lipinski definition) is 2. The predicted octanol–water partition coefficient (Wildman–Crippen LogP) is 2.49. The summed E-state index contributed by atoms with van der Waals surface area (Å²) < 4.78 is 24.0. The summed E-state index contributed by atoms with van der Waals surface area (Å²) in [6, 6.07) is 4.92. The third-order valence-corrected chi connectivity index (χ3v) is 6.15. The molecule has 0 bridgehead atoms. The molecule has 2 atom stereocenters. The molecule has 0 radical (unpaired) electrons. The van der Waals surface area contributed by atoms with Crippen LogP contribution in [0.3, 0.4) is 0 Å². The van der Waals surface area contributed by atoms with Gasteiger partial charge in [0.25, 0.3) is 0 Å². The van der Waals surface area contributed by atoms with Gasteiger partial charge in [-0.2, -0.15) is 0 Å². The van der Waals surface area contributed by atoms with E-state index in [0.29, 0.717) is 26.2 Å². The van der Waals surface area contributed by atoms with Gasteiger partial charge >= 0.3 is 12.2 Å². The maximum atomic E-state index is 13.6. The molecule has 2 aliphatic rings. The zero-order valence-corrected chi connectivity index (χ0v) is 23.6. The summed E-state index contributed by atoms with van der Waals surface area (Å²) in [5, 5.41) is 5.20. The molecule has 2 heterocycles. The highest BCUT2D eigenvalue weighted by Gasteiger charge is 2.44. The predicted molar refractivity (Wildman–Crippen MR) is 143 cm³/mol. The normalized spacial score (nSPS) is 19.9. The Balaban J connectivity index is 1.62. The van der Waals surface area contributed by atoms with Gasteiger partial charge in [0, 0.05) is 44.5 Å². The average molecular weight is 550 g/mol. The van der Waals surface area contributed by atoms with Crippen molar-refractivity contribution < 1.29 is 33.0 Å². The molecule has 39 heavy (non-hydrogen) atoms. The van der Waals surface area contributed by atoms with Crippen molar-refractivity contribution in [1.82, 2.24) is 20.4 Å². The Kier molecular flexibility index (Phi) is 9.29. The van der Waals surface area contributed by atoms with E-state index in [9.17, 15) is 23.6 Å². The maximum absolute atomic E-state index is 13.6. The van der Waals surface area contributed by atoms with Crippen molar-refractivity contribution in [2.24, 2.45) is 0 Å². The zero-order chi connectivity index (χ0) is 29.0. The molecule has 1 aromatic carbocycles. The molecule has 0 aromatic heterocycles. The molecule has 1 unspecified atom stereocenters. The van der Waals surface area contributed by atoms with Crippen LogP contribution in [0.1, 0.15) is 48.0 Å². The zero-order valence-electron chi connectivity index (χ0n) is 23.6. The Morgan fingerprint density at radius 2 is 1.51 bits per heavy atom. The van der Waals surface area contributed by atoms with Crippen LogP contribution in [0.25, 0.3) is 0 Å². The van der Waals surface area contributed by atoms with E-state index in [1.165, 1.54) is 17.0 Å². The summed E-state index contributed by atoms with van der Waals surface area (Å²) in [5.74, 6) is -0.988. The highest BCUT2D eigenvalue weighted by atomic mass is 19.1. The first-order chi connectivity index (χ1) is 18.1. The van der Waals surface area contributed by atoms with E-state index in [-0.39, 0.29) is 31.2 Å². The van der Waals surface area contributed by atoms with Crippen LogP contribution in [0.5, 0.6) is 0 Å². The summed E-state index contributed by atoms with van der Waals surface area (Å²) in [6.07, 6.45) is -1.13. The molecule has 2 aliphatic heterocycles. The van der Waals surface area contributed by atoms with Crippen LogP contribution in [-0.2, 0) is 19.1 Å². The van der Waals surface area contributed by atoms with Crippen molar-refractivity contribution in [3.05, 3.63) is 30.1 Å². The first-order valence-corrected chi connectivity index (χ1v) is 13.2. The lowest BCUT2D eigenvalue weighted by Crippen LogP contribution is -2.54.